The van der Waals surface area contributed by atoms with Crippen LogP contribution in [0.25, 0.3) is 10.8 Å². The molecular formula is C22H24F4. The molecule has 26 heavy (non-hydrogen) atoms. The molecule has 0 spiro atoms. The zero-order valence-electron chi connectivity index (χ0n) is 15.0. The first-order valence-electron chi connectivity index (χ1n) is 9.61. The van der Waals surface area contributed by atoms with Crippen molar-refractivity contribution in [1.29, 1.82) is 0 Å². The van der Waals surface area contributed by atoms with Crippen LogP contribution in [-0.4, -0.2) is 0 Å². The third kappa shape index (κ3) is 3.35. The second-order valence-corrected chi connectivity index (χ2v) is 8.38. The number of hydrogen-bond donors (Lipinski definition) is 0. The molecule has 0 saturated heterocycles. The normalized spacial score (nSPS) is 29.6. The molecule has 0 heterocycles. The fraction of sp³-hybridized carbons (Fsp3) is 0.545. The van der Waals surface area contributed by atoms with E-state index in [-0.39, 0.29) is 0 Å². The largest absolute Gasteiger partial charge is 0.419 e. The SMILES string of the molecule is CC1CCC2CC(c3ccc4cc(C(F)(F)F)c(F)cc4c3)CCC2C1. The first kappa shape index (κ1) is 17.8. The van der Waals surface area contributed by atoms with Gasteiger partial charge in [-0.05, 0) is 84.2 Å². The molecule has 2 aromatic carbocycles. The summed E-state index contributed by atoms with van der Waals surface area (Å²) in [6.07, 6.45) is 2.79. The lowest BCUT2D eigenvalue weighted by Gasteiger charge is -2.41. The molecule has 0 bridgehead atoms. The van der Waals surface area contributed by atoms with Gasteiger partial charge in [0.15, 0.2) is 0 Å². The van der Waals surface area contributed by atoms with E-state index in [2.05, 4.69) is 6.92 Å². The predicted molar refractivity (Wildman–Crippen MR) is 95.5 cm³/mol. The van der Waals surface area contributed by atoms with E-state index in [1.165, 1.54) is 25.7 Å². The molecule has 4 atom stereocenters. The predicted octanol–water partition coefficient (Wildman–Crippen LogP) is 7.32. The van der Waals surface area contributed by atoms with Crippen molar-refractivity contribution < 1.29 is 17.6 Å². The first-order valence-corrected chi connectivity index (χ1v) is 9.61. The molecule has 4 unspecified atom stereocenters. The van der Waals surface area contributed by atoms with Gasteiger partial charge in [0.05, 0.1) is 5.56 Å². The molecule has 0 aromatic heterocycles. The third-order valence-electron chi connectivity index (χ3n) is 6.60. The molecule has 0 N–H and O–H groups in total. The molecule has 0 amide bonds. The monoisotopic (exact) mass is 364 g/mol. The zero-order chi connectivity index (χ0) is 18.5. The molecule has 4 heteroatoms. The van der Waals surface area contributed by atoms with Crippen LogP contribution in [0.3, 0.4) is 0 Å². The van der Waals surface area contributed by atoms with Gasteiger partial charge in [0.2, 0.25) is 0 Å². The van der Waals surface area contributed by atoms with E-state index in [4.69, 9.17) is 0 Å². The number of alkyl halides is 3. The van der Waals surface area contributed by atoms with E-state index in [1.54, 1.807) is 6.07 Å². The van der Waals surface area contributed by atoms with Crippen molar-refractivity contribution in [2.45, 2.75) is 57.5 Å². The van der Waals surface area contributed by atoms with Gasteiger partial charge in [-0.1, -0.05) is 31.5 Å². The van der Waals surface area contributed by atoms with Crippen molar-refractivity contribution >= 4 is 10.8 Å². The van der Waals surface area contributed by atoms with E-state index >= 15 is 0 Å². The smallest absolute Gasteiger partial charge is 0.206 e. The Morgan fingerprint density at radius 2 is 1.58 bits per heavy atom. The van der Waals surface area contributed by atoms with Crippen LogP contribution in [0, 0.1) is 23.6 Å². The van der Waals surface area contributed by atoms with Crippen LogP contribution in [-0.2, 0) is 6.18 Å². The van der Waals surface area contributed by atoms with E-state index in [1.807, 2.05) is 12.1 Å². The Labute approximate surface area is 151 Å². The summed E-state index contributed by atoms with van der Waals surface area (Å²) in [6, 6.07) is 7.52. The number of benzene rings is 2. The summed E-state index contributed by atoms with van der Waals surface area (Å²) in [5, 5.41) is 1.01. The van der Waals surface area contributed by atoms with Gasteiger partial charge in [0, 0.05) is 0 Å². The summed E-state index contributed by atoms with van der Waals surface area (Å²) in [5.74, 6) is 1.69. The number of halogens is 4. The van der Waals surface area contributed by atoms with Crippen molar-refractivity contribution in [3.63, 3.8) is 0 Å². The zero-order valence-corrected chi connectivity index (χ0v) is 15.0. The maximum atomic E-state index is 13.9. The average molecular weight is 364 g/mol. The molecule has 140 valence electrons. The fourth-order valence-electron chi connectivity index (χ4n) is 5.19. The van der Waals surface area contributed by atoms with E-state index < -0.39 is 17.6 Å². The highest BCUT2D eigenvalue weighted by molar-refractivity contribution is 5.84. The topological polar surface area (TPSA) is 0 Å². The Hall–Kier alpha value is -1.58. The number of fused-ring (bicyclic) bond motifs is 2. The maximum Gasteiger partial charge on any atom is 0.419 e. The molecule has 2 aromatic rings. The van der Waals surface area contributed by atoms with Crippen molar-refractivity contribution in [2.24, 2.45) is 17.8 Å². The Balaban J connectivity index is 1.60. The molecule has 4 rings (SSSR count). The Morgan fingerprint density at radius 3 is 2.35 bits per heavy atom. The minimum absolute atomic E-state index is 0.444. The van der Waals surface area contributed by atoms with Crippen LogP contribution in [0.4, 0.5) is 17.6 Å². The highest BCUT2D eigenvalue weighted by atomic mass is 19.4. The summed E-state index contributed by atoms with van der Waals surface area (Å²) in [6.45, 7) is 2.34. The van der Waals surface area contributed by atoms with Crippen LogP contribution < -0.4 is 0 Å². The van der Waals surface area contributed by atoms with E-state index in [9.17, 15) is 17.6 Å². The highest BCUT2D eigenvalue weighted by Gasteiger charge is 2.36. The Morgan fingerprint density at radius 1 is 0.846 bits per heavy atom. The van der Waals surface area contributed by atoms with Gasteiger partial charge in [-0.3, -0.25) is 0 Å². The van der Waals surface area contributed by atoms with Crippen molar-refractivity contribution in [3.8, 4) is 0 Å². The molecule has 2 fully saturated rings. The molecule has 0 nitrogen and oxygen atoms in total. The van der Waals surface area contributed by atoms with Gasteiger partial charge in [-0.2, -0.15) is 13.2 Å². The Kier molecular flexibility index (Phi) is 4.48. The van der Waals surface area contributed by atoms with Crippen LogP contribution >= 0.6 is 0 Å². The van der Waals surface area contributed by atoms with Gasteiger partial charge >= 0.3 is 6.18 Å². The lowest BCUT2D eigenvalue weighted by molar-refractivity contribution is -0.139. The molecule has 0 aliphatic heterocycles. The van der Waals surface area contributed by atoms with Crippen LogP contribution in [0.1, 0.15) is 62.5 Å². The van der Waals surface area contributed by atoms with Crippen molar-refractivity contribution in [2.75, 3.05) is 0 Å². The number of rotatable bonds is 1. The van der Waals surface area contributed by atoms with Gasteiger partial charge in [-0.15, -0.1) is 0 Å². The summed E-state index contributed by atoms with van der Waals surface area (Å²) in [4.78, 5) is 0. The second-order valence-electron chi connectivity index (χ2n) is 8.38. The quantitative estimate of drug-likeness (QED) is 0.465. The average Bonchev–Trinajstić information content (AvgIpc) is 2.59. The van der Waals surface area contributed by atoms with Gasteiger partial charge in [-0.25, -0.2) is 4.39 Å². The highest BCUT2D eigenvalue weighted by Crippen LogP contribution is 2.47. The summed E-state index contributed by atoms with van der Waals surface area (Å²) >= 11 is 0. The van der Waals surface area contributed by atoms with Gasteiger partial charge in [0.1, 0.15) is 5.82 Å². The summed E-state index contributed by atoms with van der Waals surface area (Å²) in [7, 11) is 0. The Bertz CT molecular complexity index is 808. The minimum Gasteiger partial charge on any atom is -0.206 e. The number of hydrogen-bond acceptors (Lipinski definition) is 0. The third-order valence-corrected chi connectivity index (χ3v) is 6.60. The van der Waals surface area contributed by atoms with Crippen LogP contribution in [0.2, 0.25) is 0 Å². The van der Waals surface area contributed by atoms with E-state index in [0.29, 0.717) is 16.7 Å². The molecular weight excluding hydrogens is 340 g/mol. The molecule has 0 radical (unpaired) electrons. The van der Waals surface area contributed by atoms with Crippen molar-refractivity contribution in [3.05, 3.63) is 47.3 Å². The molecule has 2 saturated carbocycles. The van der Waals surface area contributed by atoms with E-state index in [0.717, 1.165) is 48.3 Å². The summed E-state index contributed by atoms with van der Waals surface area (Å²) in [5.41, 5.74) is -0.0386. The van der Waals surface area contributed by atoms with Crippen molar-refractivity contribution in [1.82, 2.24) is 0 Å². The standard InChI is InChI=1S/C22H24F4/c1-13-2-3-15-9-16(5-4-14(15)8-13)17-6-7-18-11-20(22(24,25)26)21(23)12-19(18)10-17/h6-7,10-16H,2-5,8-9H2,1H3. The second kappa shape index (κ2) is 6.54. The van der Waals surface area contributed by atoms with Crippen LogP contribution in [0.15, 0.2) is 30.3 Å². The minimum atomic E-state index is -4.66. The first-order chi connectivity index (χ1) is 12.3. The van der Waals surface area contributed by atoms with Gasteiger partial charge < -0.3 is 0 Å². The van der Waals surface area contributed by atoms with Crippen LogP contribution in [0.5, 0.6) is 0 Å². The van der Waals surface area contributed by atoms with Gasteiger partial charge in [0.25, 0.3) is 0 Å². The lowest BCUT2D eigenvalue weighted by atomic mass is 9.64. The molecule has 2 aliphatic rings. The fourth-order valence-corrected chi connectivity index (χ4v) is 5.19. The summed E-state index contributed by atoms with van der Waals surface area (Å²) < 4.78 is 52.6. The molecule has 2 aliphatic carbocycles. The lowest BCUT2D eigenvalue weighted by Crippen LogP contribution is -2.29. The maximum absolute atomic E-state index is 13.9.